The first kappa shape index (κ1) is 23.6. The Labute approximate surface area is 184 Å². The quantitative estimate of drug-likeness (QED) is 0.649. The molecule has 2 aromatic heterocycles. The average molecular weight is 450 g/mol. The number of anilines is 1. The summed E-state index contributed by atoms with van der Waals surface area (Å²) in [5.74, 6) is -0.363. The molecule has 0 aromatic carbocycles. The molecule has 3 rings (SSSR count). The Bertz CT molecular complexity index is 1010. The third-order valence-corrected chi connectivity index (χ3v) is 10.8. The number of hydrogen-bond acceptors (Lipinski definition) is 6. The molecule has 0 spiro atoms. The van der Waals surface area contributed by atoms with Gasteiger partial charge in [-0.15, -0.1) is 0 Å². The monoisotopic (exact) mass is 449 g/mol. The second-order valence-electron chi connectivity index (χ2n) is 10.1. The maximum absolute atomic E-state index is 12.6. The zero-order valence-electron chi connectivity index (χ0n) is 19.8. The van der Waals surface area contributed by atoms with E-state index in [2.05, 4.69) is 61.1 Å². The van der Waals surface area contributed by atoms with Crippen molar-refractivity contribution >= 4 is 31.3 Å². The van der Waals surface area contributed by atoms with Crippen molar-refractivity contribution in [2.45, 2.75) is 91.0 Å². The number of carbonyl (C=O) groups excluding carboxylic acids is 1. The number of nitrogens with zero attached hydrogens (tertiary/aromatic N) is 3. The second-order valence-corrected chi connectivity index (χ2v) is 14.8. The number of nitrogens with one attached hydrogen (secondary N) is 2. The highest BCUT2D eigenvalue weighted by atomic mass is 28.4. The number of aromatic amines is 1. The summed E-state index contributed by atoms with van der Waals surface area (Å²) in [4.78, 5) is 36.0. The summed E-state index contributed by atoms with van der Waals surface area (Å²) in [5.41, 5.74) is 0.167. The Morgan fingerprint density at radius 3 is 2.68 bits per heavy atom. The lowest BCUT2D eigenvalue weighted by Crippen LogP contribution is -2.45. The first-order valence-electron chi connectivity index (χ1n) is 10.9. The van der Waals surface area contributed by atoms with Gasteiger partial charge < -0.3 is 9.16 Å². The van der Waals surface area contributed by atoms with Crippen LogP contribution >= 0.6 is 0 Å². The van der Waals surface area contributed by atoms with Gasteiger partial charge in [-0.1, -0.05) is 41.5 Å². The molecular formula is C21H35N5O4Si. The average Bonchev–Trinajstić information content (AvgIpc) is 3.24. The number of ether oxygens (including phenoxy) is 1. The van der Waals surface area contributed by atoms with Gasteiger partial charge in [-0.05, 0) is 24.6 Å². The zero-order chi connectivity index (χ0) is 23.1. The molecule has 0 aliphatic carbocycles. The summed E-state index contributed by atoms with van der Waals surface area (Å²) in [7, 11) is -2.05. The molecule has 0 bridgehead atoms. The van der Waals surface area contributed by atoms with E-state index in [0.29, 0.717) is 5.65 Å². The molecule has 1 saturated heterocycles. The molecule has 0 radical (unpaired) electrons. The fourth-order valence-corrected chi connectivity index (χ4v) is 4.64. The van der Waals surface area contributed by atoms with E-state index in [1.165, 1.54) is 0 Å². The molecule has 172 valence electrons. The van der Waals surface area contributed by atoms with E-state index in [1.54, 1.807) is 24.7 Å². The van der Waals surface area contributed by atoms with Crippen molar-refractivity contribution in [3.8, 4) is 0 Å². The van der Waals surface area contributed by atoms with Crippen molar-refractivity contribution in [3.63, 3.8) is 0 Å². The number of hydrogen-bond donors (Lipinski definition) is 2. The fourth-order valence-electron chi connectivity index (χ4n) is 3.32. The number of H-pyrrole nitrogens is 1. The Balaban J connectivity index is 2.00. The van der Waals surface area contributed by atoms with Crippen LogP contribution in [-0.2, 0) is 14.0 Å². The number of rotatable bonds is 6. The number of carbonyl (C=O) groups is 1. The smallest absolute Gasteiger partial charge is 0.280 e. The van der Waals surface area contributed by atoms with E-state index >= 15 is 0 Å². The predicted octanol–water partition coefficient (Wildman–Crippen LogP) is 3.80. The maximum Gasteiger partial charge on any atom is 0.280 e. The summed E-state index contributed by atoms with van der Waals surface area (Å²) < 4.78 is 14.8. The minimum absolute atomic E-state index is 0.0549. The van der Waals surface area contributed by atoms with Crippen molar-refractivity contribution < 1.29 is 14.0 Å². The topological polar surface area (TPSA) is 111 Å². The molecule has 10 heteroatoms. The van der Waals surface area contributed by atoms with Gasteiger partial charge in [-0.25, -0.2) is 4.98 Å². The van der Waals surface area contributed by atoms with Gasteiger partial charge in [0, 0.05) is 12.3 Å². The number of amides is 1. The van der Waals surface area contributed by atoms with E-state index < -0.39 is 20.1 Å². The largest absolute Gasteiger partial charge is 0.409 e. The van der Waals surface area contributed by atoms with E-state index in [4.69, 9.17) is 9.16 Å². The zero-order valence-corrected chi connectivity index (χ0v) is 20.8. The van der Waals surface area contributed by atoms with Crippen LogP contribution in [0.15, 0.2) is 11.1 Å². The van der Waals surface area contributed by atoms with Crippen LogP contribution in [0.25, 0.3) is 11.2 Å². The number of imidazole rings is 1. The van der Waals surface area contributed by atoms with Crippen LogP contribution in [-0.4, -0.2) is 46.0 Å². The van der Waals surface area contributed by atoms with Gasteiger partial charge in [0.2, 0.25) is 11.9 Å². The highest BCUT2D eigenvalue weighted by Gasteiger charge is 2.45. The molecule has 0 saturated carbocycles. The van der Waals surface area contributed by atoms with E-state index in [9.17, 15) is 9.59 Å². The van der Waals surface area contributed by atoms with Gasteiger partial charge in [0.25, 0.3) is 5.56 Å². The Kier molecular flexibility index (Phi) is 6.46. The number of aromatic nitrogens is 4. The Morgan fingerprint density at radius 2 is 2.10 bits per heavy atom. The highest BCUT2D eigenvalue weighted by Crippen LogP contribution is 2.42. The minimum Gasteiger partial charge on any atom is -0.409 e. The Hall–Kier alpha value is -2.04. The number of fused-ring (bicyclic) bond motifs is 1. The first-order valence-corrected chi connectivity index (χ1v) is 13.9. The van der Waals surface area contributed by atoms with Crippen LogP contribution in [0.5, 0.6) is 0 Å². The molecule has 2 aromatic rings. The maximum atomic E-state index is 12.6. The molecule has 3 heterocycles. The van der Waals surface area contributed by atoms with Crippen molar-refractivity contribution in [2.24, 2.45) is 5.92 Å². The SMILES string of the molecule is CC[C@@H]1C[C@@H](O[Si](C)(C)C(C)(C)C)[C@H](n2cnc3c(=O)[nH]c(NC(=O)C(C)C)nc32)O1. The third-order valence-electron chi connectivity index (χ3n) is 6.33. The van der Waals surface area contributed by atoms with Crippen LogP contribution in [0.4, 0.5) is 5.95 Å². The van der Waals surface area contributed by atoms with Gasteiger partial charge in [0.1, 0.15) is 0 Å². The van der Waals surface area contributed by atoms with Gasteiger partial charge in [-0.2, -0.15) is 4.98 Å². The Morgan fingerprint density at radius 1 is 1.42 bits per heavy atom. The molecule has 1 aliphatic rings. The normalized spacial score (nSPS) is 22.4. The molecule has 31 heavy (non-hydrogen) atoms. The van der Waals surface area contributed by atoms with Crippen LogP contribution in [0.1, 0.15) is 60.6 Å². The molecule has 1 amide bonds. The van der Waals surface area contributed by atoms with Crippen molar-refractivity contribution in [1.82, 2.24) is 19.5 Å². The van der Waals surface area contributed by atoms with Gasteiger partial charge >= 0.3 is 0 Å². The van der Waals surface area contributed by atoms with E-state index in [-0.39, 0.29) is 40.5 Å². The molecule has 1 aliphatic heterocycles. The summed E-state index contributed by atoms with van der Waals surface area (Å²) >= 11 is 0. The lowest BCUT2D eigenvalue weighted by molar-refractivity contribution is -0.118. The van der Waals surface area contributed by atoms with Gasteiger partial charge in [-0.3, -0.25) is 24.5 Å². The van der Waals surface area contributed by atoms with E-state index in [0.717, 1.165) is 12.8 Å². The minimum atomic E-state index is -2.05. The molecule has 2 N–H and O–H groups in total. The van der Waals surface area contributed by atoms with Crippen molar-refractivity contribution in [1.29, 1.82) is 0 Å². The summed E-state index contributed by atoms with van der Waals surface area (Å²) in [6.07, 6.45) is 2.66. The standard InChI is InChI=1S/C21H35N5O4Si/c1-9-13-10-14(30-31(7,8)21(4,5)6)19(29-13)26-11-22-15-16(26)23-20(25-18(15)28)24-17(27)12(2)3/h11-14,19H,9-10H2,1-8H3,(H2,23,24,25,27,28)/t13-,14-,19-/m1/s1. The molecule has 0 unspecified atom stereocenters. The molecule has 9 nitrogen and oxygen atoms in total. The highest BCUT2D eigenvalue weighted by molar-refractivity contribution is 6.74. The lowest BCUT2D eigenvalue weighted by Gasteiger charge is -2.39. The fraction of sp³-hybridized carbons (Fsp3) is 0.714. The van der Waals surface area contributed by atoms with Crippen molar-refractivity contribution in [3.05, 3.63) is 16.7 Å². The molecular weight excluding hydrogens is 414 g/mol. The van der Waals surface area contributed by atoms with Crippen LogP contribution < -0.4 is 10.9 Å². The lowest BCUT2D eigenvalue weighted by atomic mass is 10.1. The van der Waals surface area contributed by atoms with Gasteiger partial charge in [0.15, 0.2) is 25.7 Å². The first-order chi connectivity index (χ1) is 14.3. The van der Waals surface area contributed by atoms with Crippen LogP contribution in [0, 0.1) is 5.92 Å². The predicted molar refractivity (Wildman–Crippen MR) is 123 cm³/mol. The molecule has 1 fully saturated rings. The summed E-state index contributed by atoms with van der Waals surface area (Å²) in [6, 6.07) is 0. The van der Waals surface area contributed by atoms with Crippen molar-refractivity contribution in [2.75, 3.05) is 5.32 Å². The van der Waals surface area contributed by atoms with E-state index in [1.807, 2.05) is 0 Å². The van der Waals surface area contributed by atoms with Crippen LogP contribution in [0.3, 0.4) is 0 Å². The third kappa shape index (κ3) is 4.75. The van der Waals surface area contributed by atoms with Crippen LogP contribution in [0.2, 0.25) is 18.1 Å². The summed E-state index contributed by atoms with van der Waals surface area (Å²) in [6.45, 7) is 16.7. The second kappa shape index (κ2) is 8.48. The van der Waals surface area contributed by atoms with Gasteiger partial charge in [0.05, 0.1) is 18.5 Å². The molecule has 3 atom stereocenters. The summed E-state index contributed by atoms with van der Waals surface area (Å²) in [5, 5.41) is 2.72.